The van der Waals surface area contributed by atoms with E-state index in [-0.39, 0.29) is 5.41 Å². The highest BCUT2D eigenvalue weighted by molar-refractivity contribution is 5.74. The normalized spacial score (nSPS) is 18.0. The fourth-order valence-electron chi connectivity index (χ4n) is 5.92. The standard InChI is InChI=1S/C19H29N.C17H23N3/c1-14-7-8-17(13-15(14)2)16(3)20-11-9-18(10-12-20)19(4,5)6;1-7-14(16-8-9-18-13(3)19-16)10-15-12(2)20(6)11-17(15,4)5/h7-8,13,18H,3,9-12H2,1-2,4-6H3;7-10H,1,11H2,2-6H3/b;14-10+. The van der Waals surface area contributed by atoms with Gasteiger partial charge in [-0.2, -0.15) is 0 Å². The number of allylic oxidation sites excluding steroid dienone is 4. The molecule has 0 bridgehead atoms. The predicted octanol–water partition coefficient (Wildman–Crippen LogP) is 8.63. The molecular formula is C36H52N4. The largest absolute Gasteiger partial charge is 0.377 e. The van der Waals surface area contributed by atoms with Gasteiger partial charge in [0, 0.05) is 55.3 Å². The number of aromatic nitrogens is 2. The fraction of sp³-hybridized carbons (Fsp3) is 0.500. The molecule has 0 radical (unpaired) electrons. The van der Waals surface area contributed by atoms with Crippen LogP contribution in [0.4, 0.5) is 0 Å². The molecule has 0 N–H and O–H groups in total. The highest BCUT2D eigenvalue weighted by Gasteiger charge is 2.33. The molecule has 2 aliphatic heterocycles. The molecule has 40 heavy (non-hydrogen) atoms. The van der Waals surface area contributed by atoms with Crippen LogP contribution in [-0.4, -0.2) is 46.4 Å². The maximum absolute atomic E-state index is 4.49. The molecule has 2 aliphatic rings. The molecule has 1 saturated heterocycles. The second kappa shape index (κ2) is 12.6. The third-order valence-electron chi connectivity index (χ3n) is 8.86. The van der Waals surface area contributed by atoms with Gasteiger partial charge in [0.2, 0.25) is 0 Å². The summed E-state index contributed by atoms with van der Waals surface area (Å²) in [6.07, 6.45) is 8.45. The Bertz CT molecular complexity index is 1280. The molecule has 1 aromatic heterocycles. The Morgan fingerprint density at radius 1 is 1.02 bits per heavy atom. The first-order valence-corrected chi connectivity index (χ1v) is 14.7. The fourth-order valence-corrected chi connectivity index (χ4v) is 5.92. The van der Waals surface area contributed by atoms with E-state index in [9.17, 15) is 0 Å². The number of piperidine rings is 1. The van der Waals surface area contributed by atoms with Gasteiger partial charge in [-0.15, -0.1) is 0 Å². The molecule has 1 fully saturated rings. The van der Waals surface area contributed by atoms with Crippen molar-refractivity contribution in [2.75, 3.05) is 26.7 Å². The summed E-state index contributed by atoms with van der Waals surface area (Å²) in [5.41, 5.74) is 10.4. The minimum atomic E-state index is 0.148. The van der Waals surface area contributed by atoms with E-state index in [0.29, 0.717) is 5.41 Å². The zero-order valence-electron chi connectivity index (χ0n) is 26.9. The molecule has 1 aromatic carbocycles. The van der Waals surface area contributed by atoms with E-state index in [4.69, 9.17) is 0 Å². The van der Waals surface area contributed by atoms with Gasteiger partial charge in [0.25, 0.3) is 0 Å². The summed E-state index contributed by atoms with van der Waals surface area (Å²) in [6.45, 7) is 31.7. The minimum absolute atomic E-state index is 0.148. The van der Waals surface area contributed by atoms with Crippen molar-refractivity contribution in [3.8, 4) is 0 Å². The van der Waals surface area contributed by atoms with E-state index in [0.717, 1.165) is 42.6 Å². The zero-order valence-corrected chi connectivity index (χ0v) is 26.9. The van der Waals surface area contributed by atoms with Crippen LogP contribution in [0.2, 0.25) is 0 Å². The van der Waals surface area contributed by atoms with Crippen molar-refractivity contribution in [2.24, 2.45) is 16.7 Å². The van der Waals surface area contributed by atoms with Crippen molar-refractivity contribution in [1.29, 1.82) is 0 Å². The van der Waals surface area contributed by atoms with E-state index in [1.807, 2.05) is 19.1 Å². The summed E-state index contributed by atoms with van der Waals surface area (Å²) in [6, 6.07) is 8.62. The number of benzene rings is 1. The van der Waals surface area contributed by atoms with E-state index < -0.39 is 0 Å². The Hall–Kier alpha value is -3.14. The lowest BCUT2D eigenvalue weighted by Crippen LogP contribution is -2.36. The lowest BCUT2D eigenvalue weighted by molar-refractivity contribution is 0.145. The molecule has 4 rings (SSSR count). The number of likely N-dealkylation sites (tertiary alicyclic amines) is 1. The molecule has 3 heterocycles. The van der Waals surface area contributed by atoms with Crippen molar-refractivity contribution < 1.29 is 0 Å². The van der Waals surface area contributed by atoms with Crippen molar-refractivity contribution in [3.63, 3.8) is 0 Å². The van der Waals surface area contributed by atoms with E-state index in [1.54, 1.807) is 6.20 Å². The Morgan fingerprint density at radius 2 is 1.68 bits per heavy atom. The molecule has 4 heteroatoms. The second-order valence-corrected chi connectivity index (χ2v) is 13.4. The molecule has 0 unspecified atom stereocenters. The van der Waals surface area contributed by atoms with Gasteiger partial charge in [-0.05, 0) is 92.3 Å². The van der Waals surface area contributed by atoms with Crippen molar-refractivity contribution in [3.05, 3.63) is 95.3 Å². The summed E-state index contributed by atoms with van der Waals surface area (Å²) in [4.78, 5) is 13.4. The Morgan fingerprint density at radius 3 is 2.17 bits per heavy atom. The summed E-state index contributed by atoms with van der Waals surface area (Å²) < 4.78 is 0. The molecule has 2 aromatic rings. The Kier molecular flexibility index (Phi) is 9.87. The second-order valence-electron chi connectivity index (χ2n) is 13.4. The molecule has 0 aliphatic carbocycles. The lowest BCUT2D eigenvalue weighted by Gasteiger charge is -2.40. The van der Waals surface area contributed by atoms with Gasteiger partial charge in [0.1, 0.15) is 5.82 Å². The van der Waals surface area contributed by atoms with Crippen LogP contribution in [0.1, 0.15) is 82.6 Å². The van der Waals surface area contributed by atoms with E-state index >= 15 is 0 Å². The van der Waals surface area contributed by atoms with Crippen molar-refractivity contribution in [2.45, 2.75) is 75.2 Å². The van der Waals surface area contributed by atoms with Crippen LogP contribution in [0.15, 0.2) is 67.0 Å². The van der Waals surface area contributed by atoms with Gasteiger partial charge in [-0.1, -0.05) is 66.0 Å². The average Bonchev–Trinajstić information content (AvgIpc) is 3.09. The first-order chi connectivity index (χ1) is 18.6. The average molecular weight is 541 g/mol. The van der Waals surface area contributed by atoms with Crippen molar-refractivity contribution >= 4 is 11.3 Å². The van der Waals surface area contributed by atoms with Crippen LogP contribution in [0.3, 0.4) is 0 Å². The highest BCUT2D eigenvalue weighted by atomic mass is 15.1. The van der Waals surface area contributed by atoms with Gasteiger partial charge >= 0.3 is 0 Å². The first-order valence-electron chi connectivity index (χ1n) is 14.7. The maximum Gasteiger partial charge on any atom is 0.125 e. The topological polar surface area (TPSA) is 32.3 Å². The lowest BCUT2D eigenvalue weighted by atomic mass is 9.75. The van der Waals surface area contributed by atoms with Crippen LogP contribution in [0.5, 0.6) is 0 Å². The van der Waals surface area contributed by atoms with Gasteiger partial charge in [0.15, 0.2) is 0 Å². The van der Waals surface area contributed by atoms with Crippen LogP contribution in [-0.2, 0) is 0 Å². The van der Waals surface area contributed by atoms with Crippen LogP contribution >= 0.6 is 0 Å². The third kappa shape index (κ3) is 7.53. The summed E-state index contributed by atoms with van der Waals surface area (Å²) >= 11 is 0. The van der Waals surface area contributed by atoms with Crippen LogP contribution in [0.25, 0.3) is 11.3 Å². The number of aryl methyl sites for hydroxylation is 3. The minimum Gasteiger partial charge on any atom is -0.377 e. The van der Waals surface area contributed by atoms with Gasteiger partial charge in [-0.3, -0.25) is 0 Å². The number of nitrogens with zero attached hydrogens (tertiary/aromatic N) is 4. The zero-order chi connectivity index (χ0) is 29.8. The first kappa shape index (κ1) is 31.4. The molecule has 0 spiro atoms. The summed E-state index contributed by atoms with van der Waals surface area (Å²) in [5.74, 6) is 1.62. The number of hydrogen-bond acceptors (Lipinski definition) is 4. The van der Waals surface area contributed by atoms with Crippen molar-refractivity contribution in [1.82, 2.24) is 19.8 Å². The summed E-state index contributed by atoms with van der Waals surface area (Å²) in [7, 11) is 2.14. The SMILES string of the molecule is C=C(c1ccc(C)c(C)c1)N1CCC(C(C)(C)C)CC1.C=C/C(=C\C1=C(C)N(C)CC1(C)C)c1ccnc(C)n1. The Labute approximate surface area is 244 Å². The monoisotopic (exact) mass is 540 g/mol. The van der Waals surface area contributed by atoms with Crippen LogP contribution < -0.4 is 0 Å². The molecule has 4 nitrogen and oxygen atoms in total. The highest BCUT2D eigenvalue weighted by Crippen LogP contribution is 2.39. The van der Waals surface area contributed by atoms with Crippen LogP contribution in [0, 0.1) is 37.5 Å². The predicted molar refractivity (Wildman–Crippen MR) is 173 cm³/mol. The molecule has 0 atom stereocenters. The molecule has 0 amide bonds. The number of hydrogen-bond donors (Lipinski definition) is 0. The molecule has 216 valence electrons. The third-order valence-corrected chi connectivity index (χ3v) is 8.86. The van der Waals surface area contributed by atoms with Gasteiger partial charge < -0.3 is 9.80 Å². The number of rotatable bonds is 5. The Balaban J connectivity index is 0.000000220. The maximum atomic E-state index is 4.49. The van der Waals surface area contributed by atoms with Gasteiger partial charge in [-0.25, -0.2) is 9.97 Å². The van der Waals surface area contributed by atoms with Gasteiger partial charge in [0.05, 0.1) is 5.69 Å². The summed E-state index contributed by atoms with van der Waals surface area (Å²) in [5, 5.41) is 0. The smallest absolute Gasteiger partial charge is 0.125 e. The molecule has 0 saturated carbocycles. The quantitative estimate of drug-likeness (QED) is 0.355. The molecular weight excluding hydrogens is 488 g/mol. The van der Waals surface area contributed by atoms with E-state index in [2.05, 4.69) is 120 Å². The van der Waals surface area contributed by atoms with E-state index in [1.165, 1.54) is 46.5 Å².